The van der Waals surface area contributed by atoms with Crippen molar-refractivity contribution in [2.45, 2.75) is 77.0 Å². The molecule has 1 aromatic heterocycles. The SMILES string of the molecule is CC1(c2ccc(OCc3cc(Cl)nc(Cl)c3)cc2)CCN(C(CCCCN(C(=O)O)C(C)(C)C)C(=O)NO)C1=O. The lowest BCUT2D eigenvalue weighted by Gasteiger charge is -2.33. The van der Waals surface area contributed by atoms with E-state index in [1.54, 1.807) is 29.7 Å². The van der Waals surface area contributed by atoms with Crippen LogP contribution in [0.3, 0.4) is 0 Å². The van der Waals surface area contributed by atoms with Crippen molar-refractivity contribution in [1.29, 1.82) is 0 Å². The van der Waals surface area contributed by atoms with E-state index in [4.69, 9.17) is 27.9 Å². The van der Waals surface area contributed by atoms with Gasteiger partial charge in [-0.15, -0.1) is 0 Å². The van der Waals surface area contributed by atoms with Crippen LogP contribution in [0.1, 0.15) is 64.5 Å². The molecule has 1 fully saturated rings. The quantitative estimate of drug-likeness (QED) is 0.139. The fourth-order valence-electron chi connectivity index (χ4n) is 4.95. The Hall–Kier alpha value is -3.08. The van der Waals surface area contributed by atoms with Gasteiger partial charge in [0.2, 0.25) is 5.91 Å². The van der Waals surface area contributed by atoms with Crippen LogP contribution in [0.4, 0.5) is 4.79 Å². The van der Waals surface area contributed by atoms with Crippen LogP contribution in [-0.2, 0) is 21.6 Å². The van der Waals surface area contributed by atoms with Crippen molar-refractivity contribution < 1.29 is 29.4 Å². The van der Waals surface area contributed by atoms with Gasteiger partial charge in [-0.25, -0.2) is 15.3 Å². The zero-order valence-corrected chi connectivity index (χ0v) is 24.6. The smallest absolute Gasteiger partial charge is 0.407 e. The summed E-state index contributed by atoms with van der Waals surface area (Å²) in [6.07, 6.45) is 0.786. The number of benzene rings is 1. The van der Waals surface area contributed by atoms with E-state index in [2.05, 4.69) is 4.98 Å². The van der Waals surface area contributed by atoms with Crippen LogP contribution in [0.25, 0.3) is 0 Å². The highest BCUT2D eigenvalue weighted by atomic mass is 35.5. The van der Waals surface area contributed by atoms with Gasteiger partial charge in [0.05, 0.1) is 5.41 Å². The van der Waals surface area contributed by atoms with Crippen LogP contribution in [0.2, 0.25) is 10.3 Å². The second-order valence-electron chi connectivity index (χ2n) is 11.1. The van der Waals surface area contributed by atoms with Crippen LogP contribution >= 0.6 is 23.2 Å². The van der Waals surface area contributed by atoms with Gasteiger partial charge in [0.15, 0.2) is 0 Å². The number of rotatable bonds is 11. The second-order valence-corrected chi connectivity index (χ2v) is 11.9. The molecule has 10 nitrogen and oxygen atoms in total. The number of carbonyl (C=O) groups is 3. The lowest BCUT2D eigenvalue weighted by molar-refractivity contribution is -0.144. The fraction of sp³-hybridized carbons (Fsp3) is 0.500. The number of carbonyl (C=O) groups excluding carboxylic acids is 2. The Kier molecular flexibility index (Phi) is 10.3. The minimum Gasteiger partial charge on any atom is -0.489 e. The molecule has 2 unspecified atom stereocenters. The van der Waals surface area contributed by atoms with Crippen LogP contribution in [0, 0.1) is 0 Å². The number of hydrogen-bond acceptors (Lipinski definition) is 6. The summed E-state index contributed by atoms with van der Waals surface area (Å²) in [5, 5.41) is 19.4. The molecular formula is C28H36Cl2N4O6. The first-order valence-corrected chi connectivity index (χ1v) is 13.8. The number of nitrogens with one attached hydrogen (secondary N) is 1. The molecule has 2 heterocycles. The largest absolute Gasteiger partial charge is 0.489 e. The summed E-state index contributed by atoms with van der Waals surface area (Å²) < 4.78 is 5.83. The average molecular weight is 596 g/mol. The first-order chi connectivity index (χ1) is 18.8. The molecule has 0 aliphatic carbocycles. The van der Waals surface area contributed by atoms with Crippen molar-refractivity contribution in [2.24, 2.45) is 0 Å². The van der Waals surface area contributed by atoms with E-state index >= 15 is 0 Å². The molecule has 1 saturated heterocycles. The zero-order valence-electron chi connectivity index (χ0n) is 23.1. The third-order valence-electron chi connectivity index (χ3n) is 7.24. The molecule has 3 amide bonds. The minimum absolute atomic E-state index is 0.210. The number of pyridine rings is 1. The predicted molar refractivity (Wildman–Crippen MR) is 151 cm³/mol. The number of ether oxygens (including phenoxy) is 1. The maximum atomic E-state index is 13.6. The third-order valence-corrected chi connectivity index (χ3v) is 7.63. The topological polar surface area (TPSA) is 132 Å². The van der Waals surface area contributed by atoms with E-state index in [9.17, 15) is 24.7 Å². The van der Waals surface area contributed by atoms with E-state index in [0.717, 1.165) is 11.1 Å². The lowest BCUT2D eigenvalue weighted by atomic mass is 9.81. The van der Waals surface area contributed by atoms with E-state index in [1.807, 2.05) is 39.8 Å². The summed E-state index contributed by atoms with van der Waals surface area (Å²) in [5.41, 5.74) is 1.83. The fourth-order valence-corrected chi connectivity index (χ4v) is 5.45. The monoisotopic (exact) mass is 594 g/mol. The Morgan fingerprint density at radius 3 is 2.35 bits per heavy atom. The van der Waals surface area contributed by atoms with Gasteiger partial charge >= 0.3 is 6.09 Å². The summed E-state index contributed by atoms with van der Waals surface area (Å²) in [7, 11) is 0. The van der Waals surface area contributed by atoms with Gasteiger partial charge < -0.3 is 19.6 Å². The number of likely N-dealkylation sites (tertiary alicyclic amines) is 1. The number of amides is 3. The predicted octanol–water partition coefficient (Wildman–Crippen LogP) is 5.28. The van der Waals surface area contributed by atoms with Crippen molar-refractivity contribution in [3.63, 3.8) is 0 Å². The average Bonchev–Trinajstić information content (AvgIpc) is 3.18. The van der Waals surface area contributed by atoms with Crippen LogP contribution in [0.15, 0.2) is 36.4 Å². The molecule has 0 bridgehead atoms. The molecule has 218 valence electrons. The van der Waals surface area contributed by atoms with Crippen molar-refractivity contribution in [2.75, 3.05) is 13.1 Å². The summed E-state index contributed by atoms with van der Waals surface area (Å²) in [4.78, 5) is 44.6. The summed E-state index contributed by atoms with van der Waals surface area (Å²) in [6.45, 7) is 8.18. The molecule has 0 spiro atoms. The minimum atomic E-state index is -1.01. The lowest BCUT2D eigenvalue weighted by Crippen LogP contribution is -2.49. The van der Waals surface area contributed by atoms with Crippen molar-refractivity contribution in [3.8, 4) is 5.75 Å². The van der Waals surface area contributed by atoms with E-state index in [0.29, 0.717) is 44.5 Å². The normalized spacial score (nSPS) is 18.0. The molecule has 3 N–H and O–H groups in total. The number of hydrogen-bond donors (Lipinski definition) is 3. The van der Waals surface area contributed by atoms with E-state index in [1.165, 1.54) is 9.80 Å². The van der Waals surface area contributed by atoms with Crippen LogP contribution in [-0.4, -0.2) is 67.7 Å². The van der Waals surface area contributed by atoms with Crippen LogP contribution < -0.4 is 10.2 Å². The molecule has 2 aromatic rings. The highest BCUT2D eigenvalue weighted by molar-refractivity contribution is 6.32. The third kappa shape index (κ3) is 7.56. The number of unbranched alkanes of at least 4 members (excludes halogenated alkanes) is 1. The number of hydroxylamine groups is 1. The Balaban J connectivity index is 1.64. The van der Waals surface area contributed by atoms with Crippen molar-refractivity contribution in [1.82, 2.24) is 20.3 Å². The first kappa shape index (κ1) is 31.4. The molecule has 1 aliphatic rings. The zero-order chi connectivity index (χ0) is 29.7. The second kappa shape index (κ2) is 13.1. The van der Waals surface area contributed by atoms with Crippen molar-refractivity contribution in [3.05, 3.63) is 57.8 Å². The van der Waals surface area contributed by atoms with E-state index < -0.39 is 29.0 Å². The first-order valence-electron chi connectivity index (χ1n) is 13.1. The van der Waals surface area contributed by atoms with Gasteiger partial charge in [0.25, 0.3) is 5.91 Å². The molecule has 1 aliphatic heterocycles. The Bertz CT molecular complexity index is 1200. The highest BCUT2D eigenvalue weighted by Gasteiger charge is 2.47. The Morgan fingerprint density at radius 1 is 1.18 bits per heavy atom. The van der Waals surface area contributed by atoms with Gasteiger partial charge in [-0.05, 0) is 88.8 Å². The Morgan fingerprint density at radius 2 is 1.80 bits per heavy atom. The standard InChI is InChI=1S/C28H36Cl2N4O6/c1-27(2,3)34(26(37)38)13-6-5-7-21(24(35)32-39)33-14-12-28(4,25(33)36)19-8-10-20(11-9-19)40-17-18-15-22(29)31-23(30)16-18/h8-11,15-16,21,39H,5-7,12-14,17H2,1-4H3,(H,32,35)(H,37,38). The molecule has 40 heavy (non-hydrogen) atoms. The summed E-state index contributed by atoms with van der Waals surface area (Å²) in [5.74, 6) is -0.275. The molecular weight excluding hydrogens is 559 g/mol. The van der Waals surface area contributed by atoms with E-state index in [-0.39, 0.29) is 22.8 Å². The van der Waals surface area contributed by atoms with Crippen LogP contribution in [0.5, 0.6) is 5.75 Å². The maximum Gasteiger partial charge on any atom is 0.407 e. The van der Waals surface area contributed by atoms with Gasteiger partial charge in [0.1, 0.15) is 28.7 Å². The molecule has 0 saturated carbocycles. The molecule has 2 atom stereocenters. The number of halogens is 2. The summed E-state index contributed by atoms with van der Waals surface area (Å²) >= 11 is 11.9. The van der Waals surface area contributed by atoms with Gasteiger partial charge in [0, 0.05) is 18.6 Å². The van der Waals surface area contributed by atoms with Gasteiger partial charge in [-0.1, -0.05) is 35.3 Å². The van der Waals surface area contributed by atoms with Crippen molar-refractivity contribution >= 4 is 41.1 Å². The molecule has 3 rings (SSSR count). The van der Waals surface area contributed by atoms with Gasteiger partial charge in [-0.3, -0.25) is 14.8 Å². The number of nitrogens with zero attached hydrogens (tertiary/aromatic N) is 3. The molecule has 1 aromatic carbocycles. The van der Waals surface area contributed by atoms with Gasteiger partial charge in [-0.2, -0.15) is 0 Å². The number of carboxylic acid groups (broad SMARTS) is 1. The Labute approximate surface area is 244 Å². The molecule has 12 heteroatoms. The number of aromatic nitrogens is 1. The maximum absolute atomic E-state index is 13.6. The molecule has 0 radical (unpaired) electrons. The highest BCUT2D eigenvalue weighted by Crippen LogP contribution is 2.38. The summed E-state index contributed by atoms with van der Waals surface area (Å²) in [6, 6.07) is 9.69.